The summed E-state index contributed by atoms with van der Waals surface area (Å²) in [6.45, 7) is 1.24. The van der Waals surface area contributed by atoms with Gasteiger partial charge in [0.15, 0.2) is 31.5 Å². The molecule has 0 heterocycles. The number of allylic oxidation sites excluding steroid dienone is 1. The molecule has 17 nitrogen and oxygen atoms in total. The van der Waals surface area contributed by atoms with Crippen LogP contribution in [0, 0.1) is 0 Å². The van der Waals surface area contributed by atoms with Crippen molar-refractivity contribution in [2.24, 2.45) is 25.4 Å². The van der Waals surface area contributed by atoms with E-state index in [2.05, 4.69) is 35.5 Å². The zero-order chi connectivity index (χ0) is 40.5. The fraction of sp³-hybridized carbons (Fsp3) is 0.111. The summed E-state index contributed by atoms with van der Waals surface area (Å²) in [7, 11) is -5.93. The van der Waals surface area contributed by atoms with Gasteiger partial charge in [-0.2, -0.15) is 15.3 Å². The topological polar surface area (TPSA) is 281 Å². The largest absolute Gasteiger partial charge is 3.00 e. The molecule has 0 atom stereocenters. The summed E-state index contributed by atoms with van der Waals surface area (Å²) >= 11 is 0. The van der Waals surface area contributed by atoms with Gasteiger partial charge in [0.1, 0.15) is 5.76 Å². The van der Waals surface area contributed by atoms with Crippen LogP contribution in [-0.4, -0.2) is 53.6 Å². The van der Waals surface area contributed by atoms with Crippen LogP contribution >= 0.6 is 0 Å². The summed E-state index contributed by atoms with van der Waals surface area (Å²) in [4.78, 5) is 15.8. The molecule has 5 rings (SSSR count). The Kier molecular flexibility index (Phi) is 17.4. The van der Waals surface area contributed by atoms with E-state index in [1.807, 2.05) is 0 Å². The van der Waals surface area contributed by atoms with E-state index in [9.17, 15) is 47.2 Å². The van der Waals surface area contributed by atoms with Crippen molar-refractivity contribution < 1.29 is 98.8 Å². The minimum atomic E-state index is -3.56. The van der Waals surface area contributed by atoms with Gasteiger partial charge in [-0.1, -0.05) is 71.8 Å². The monoisotopic (exact) mass is 861 g/mol. The first-order valence-electron chi connectivity index (χ1n) is 15.5. The third-order valence-corrected chi connectivity index (χ3v) is 9.39. The second kappa shape index (κ2) is 20.7. The predicted octanol–water partition coefficient (Wildman–Crippen LogP) is 1.48. The number of nitrogens with one attached hydrogen (secondary N) is 1. The Morgan fingerprint density at radius 1 is 0.719 bits per heavy atom. The number of aliphatic hydroxyl groups is 1. The molecule has 0 fully saturated rings. The average molecular weight is 862 g/mol. The first-order valence-corrected chi connectivity index (χ1v) is 19.3. The van der Waals surface area contributed by atoms with E-state index in [0.29, 0.717) is 11.1 Å². The number of rotatable bonds is 9. The van der Waals surface area contributed by atoms with E-state index < -0.39 is 60.4 Å². The van der Waals surface area contributed by atoms with Crippen molar-refractivity contribution in [3.63, 3.8) is 0 Å². The van der Waals surface area contributed by atoms with Crippen molar-refractivity contribution in [1.29, 1.82) is 0 Å². The number of methoxy groups -OCH3 is 1. The number of nitrogens with zero attached hydrogens (tertiary/aromatic N) is 5. The number of ether oxygens (including phenoxy) is 1. The second-order valence-corrected chi connectivity index (χ2v) is 15.4. The molecule has 289 valence electrons. The number of anilines is 1. The van der Waals surface area contributed by atoms with E-state index in [1.165, 1.54) is 38.3 Å². The van der Waals surface area contributed by atoms with Crippen LogP contribution in [0.25, 0.3) is 10.8 Å². The number of hydrogen-bond donors (Lipinski definition) is 2. The zero-order valence-electron chi connectivity index (χ0n) is 30.7. The molecule has 0 aliphatic carbocycles. The average Bonchev–Trinajstić information content (AvgIpc) is 3.12. The molecular weight excluding hydrogens is 832 g/mol. The molecule has 0 aliphatic heterocycles. The Bertz CT molecular complexity index is 2600. The van der Waals surface area contributed by atoms with Crippen LogP contribution in [0.5, 0.6) is 17.2 Å². The van der Waals surface area contributed by atoms with Gasteiger partial charge >= 0.3 is 46.9 Å². The maximum Gasteiger partial charge on any atom is 3.00 e. The zero-order valence-corrected chi connectivity index (χ0v) is 35.6. The summed E-state index contributed by atoms with van der Waals surface area (Å²) in [5.74, 6) is -2.78. The third kappa shape index (κ3) is 13.1. The Morgan fingerprint density at radius 2 is 1.26 bits per heavy atom. The number of carbonyl (C=O) groups excluding carboxylic acids is 1. The molecule has 57 heavy (non-hydrogen) atoms. The van der Waals surface area contributed by atoms with Crippen LogP contribution in [0.4, 0.5) is 28.4 Å². The maximum absolute atomic E-state index is 12.4. The quantitative estimate of drug-likeness (QED) is 0.0535. The molecule has 0 aromatic heterocycles. The minimum absolute atomic E-state index is 0. The first kappa shape index (κ1) is 47.8. The van der Waals surface area contributed by atoms with E-state index in [-0.39, 0.29) is 84.8 Å². The molecule has 0 saturated heterocycles. The molecular formula is C36H30CrN6NaO11S2. The Morgan fingerprint density at radius 3 is 1.79 bits per heavy atom. The van der Waals surface area contributed by atoms with Gasteiger partial charge in [0.05, 0.1) is 32.5 Å². The molecule has 2 N–H and O–H groups in total. The number of aliphatic imine (C=N–C) groups is 1. The van der Waals surface area contributed by atoms with Gasteiger partial charge in [-0.25, -0.2) is 21.8 Å². The van der Waals surface area contributed by atoms with Gasteiger partial charge in [0.2, 0.25) is 0 Å². The smallest absolute Gasteiger partial charge is 0.871 e. The number of hydrogen-bond acceptors (Lipinski definition) is 16. The third-order valence-electron chi connectivity index (χ3n) is 7.17. The fourth-order valence-electron chi connectivity index (χ4n) is 4.47. The fourth-order valence-corrected chi connectivity index (χ4v) is 5.75. The van der Waals surface area contributed by atoms with Crippen LogP contribution in [0.15, 0.2) is 144 Å². The summed E-state index contributed by atoms with van der Waals surface area (Å²) in [6.07, 6.45) is 1.12. The SMILES string of the molecule is C/C(O)=C(/N=Nc1cc(S(C)(=O)=O)ccc1[O-])C(=O)Nc1ccccc1.COC([O-])=Nc1cccc2ccc([O-])c(N=Nc3cc(S(C)(=O)=O)ccc3[O-])c12.[Cr+3].[Na+]. The molecule has 0 spiro atoms. The maximum atomic E-state index is 12.4. The molecule has 0 saturated carbocycles. The number of sulfone groups is 2. The van der Waals surface area contributed by atoms with Crippen LogP contribution < -0.4 is 55.3 Å². The number of fused-ring (bicyclic) bond motifs is 1. The molecule has 0 unspecified atom stereocenters. The Labute approximate surface area is 360 Å². The van der Waals surface area contributed by atoms with Crippen molar-refractivity contribution in [1.82, 2.24) is 0 Å². The molecule has 21 heteroatoms. The van der Waals surface area contributed by atoms with Gasteiger partial charge in [-0.05, 0) is 61.9 Å². The molecule has 5 aromatic carbocycles. The van der Waals surface area contributed by atoms with Crippen LogP contribution in [-0.2, 0) is 46.6 Å². The van der Waals surface area contributed by atoms with E-state index in [0.717, 1.165) is 42.8 Å². The minimum Gasteiger partial charge on any atom is -0.871 e. The first-order chi connectivity index (χ1) is 25.9. The van der Waals surface area contributed by atoms with Crippen molar-refractivity contribution in [3.8, 4) is 17.2 Å². The molecule has 0 aliphatic rings. The van der Waals surface area contributed by atoms with Gasteiger partial charge in [0, 0.05) is 23.6 Å². The number of amides is 1. The standard InChI is InChI=1S/C19H17N3O6S.C17H17N3O5S.Cr.Na/c1-28-19(25)20-13-5-3-4-11-6-8-16(24)18(17(11)13)22-21-14-10-12(29(2,26)27)7-9-15(14)23;1-11(21)16(17(23)18-12-6-4-3-5-7-12)20-19-14-10-13(26(2,24)25)8-9-15(14)22;;/h3-10,23-24H,1-2H3,(H,20,25);3-10,21-22H,1-2H3,(H,18,23);;/q;;+3;+1/p-4/b;16-11-,20-19?;;. The second-order valence-electron chi connectivity index (χ2n) is 11.3. The number of aliphatic hydroxyl groups excluding tert-OH is 1. The van der Waals surface area contributed by atoms with Gasteiger partial charge in [-0.3, -0.25) is 4.79 Å². The van der Waals surface area contributed by atoms with Crippen molar-refractivity contribution in [2.75, 3.05) is 24.9 Å². The predicted molar refractivity (Wildman–Crippen MR) is 195 cm³/mol. The van der Waals surface area contributed by atoms with Gasteiger partial charge in [0.25, 0.3) is 5.91 Å². The molecule has 1 amide bonds. The van der Waals surface area contributed by atoms with Crippen LogP contribution in [0.1, 0.15) is 6.92 Å². The number of benzene rings is 5. The van der Waals surface area contributed by atoms with Gasteiger partial charge in [-0.15, -0.1) is 5.11 Å². The number of para-hydroxylation sites is 1. The van der Waals surface area contributed by atoms with Gasteiger partial charge < -0.3 is 35.6 Å². The van der Waals surface area contributed by atoms with Crippen LogP contribution in [0.2, 0.25) is 0 Å². The summed E-state index contributed by atoms with van der Waals surface area (Å²) < 4.78 is 51.0. The number of carbonyl (C=O) groups is 1. The van der Waals surface area contributed by atoms with Crippen LogP contribution in [0.3, 0.4) is 0 Å². The van der Waals surface area contributed by atoms with Crippen molar-refractivity contribution in [3.05, 3.63) is 109 Å². The van der Waals surface area contributed by atoms with E-state index in [1.54, 1.807) is 42.5 Å². The Balaban J connectivity index is 0.000000382. The molecule has 0 bridgehead atoms. The summed E-state index contributed by atoms with van der Waals surface area (Å²) in [5.41, 5.74) is -0.429. The summed E-state index contributed by atoms with van der Waals surface area (Å²) in [5, 5.41) is 75.7. The van der Waals surface area contributed by atoms with E-state index in [4.69, 9.17) is 0 Å². The van der Waals surface area contributed by atoms with E-state index >= 15 is 0 Å². The normalized spacial score (nSPS) is 12.2. The number of azo groups is 2. The summed E-state index contributed by atoms with van der Waals surface area (Å²) in [6, 6.07) is 22.7. The molecule has 1 radical (unpaired) electrons. The van der Waals surface area contributed by atoms with Crippen molar-refractivity contribution in [2.45, 2.75) is 16.7 Å². The Hall–Kier alpha value is -5.33. The van der Waals surface area contributed by atoms with Crippen molar-refractivity contribution >= 4 is 70.9 Å². The molecule has 5 aromatic rings.